The van der Waals surface area contributed by atoms with E-state index in [1.165, 1.54) is 35.4 Å². The van der Waals surface area contributed by atoms with Crippen LogP contribution >= 0.6 is 11.3 Å². The lowest BCUT2D eigenvalue weighted by Gasteiger charge is -2.23. The zero-order valence-electron chi connectivity index (χ0n) is 16.2. The van der Waals surface area contributed by atoms with E-state index in [-0.39, 0.29) is 23.4 Å². The Bertz CT molecular complexity index is 1010. The highest BCUT2D eigenvalue weighted by Gasteiger charge is 2.18. The van der Waals surface area contributed by atoms with Gasteiger partial charge in [0.1, 0.15) is 5.76 Å². The molecule has 1 atom stereocenters. The summed E-state index contributed by atoms with van der Waals surface area (Å²) in [6.07, 6.45) is 1.48. The van der Waals surface area contributed by atoms with Gasteiger partial charge in [-0.05, 0) is 61.9 Å². The van der Waals surface area contributed by atoms with Gasteiger partial charge in [0, 0.05) is 17.0 Å². The maximum Gasteiger partial charge on any atom is 0.251 e. The van der Waals surface area contributed by atoms with Crippen LogP contribution in [-0.4, -0.2) is 39.9 Å². The van der Waals surface area contributed by atoms with Gasteiger partial charge in [-0.2, -0.15) is 0 Å². The molecule has 0 radical (unpaired) electrons. The maximum absolute atomic E-state index is 12.5. The number of amides is 1. The number of carbonyl (C=O) groups is 1. The van der Waals surface area contributed by atoms with Gasteiger partial charge in [-0.3, -0.25) is 4.79 Å². The van der Waals surface area contributed by atoms with Gasteiger partial charge < -0.3 is 14.6 Å². The topological polar surface area (TPSA) is 91.7 Å². The second-order valence-electron chi connectivity index (χ2n) is 6.63. The van der Waals surface area contributed by atoms with E-state index in [0.29, 0.717) is 17.9 Å². The summed E-state index contributed by atoms with van der Waals surface area (Å²) in [6.45, 7) is 0.517. The molecule has 3 rings (SSSR count). The van der Waals surface area contributed by atoms with Gasteiger partial charge in [0.2, 0.25) is 10.0 Å². The van der Waals surface area contributed by atoms with Crippen molar-refractivity contribution in [3.63, 3.8) is 0 Å². The van der Waals surface area contributed by atoms with Crippen LogP contribution in [0.4, 0.5) is 0 Å². The van der Waals surface area contributed by atoms with Crippen molar-refractivity contribution in [3.8, 4) is 0 Å². The Morgan fingerprint density at radius 3 is 2.48 bits per heavy atom. The first-order valence-electron chi connectivity index (χ1n) is 8.97. The number of rotatable bonds is 9. The van der Waals surface area contributed by atoms with Crippen LogP contribution in [0.2, 0.25) is 0 Å². The van der Waals surface area contributed by atoms with Crippen molar-refractivity contribution in [2.24, 2.45) is 0 Å². The fraction of sp³-hybridized carbons (Fsp3) is 0.250. The molecule has 0 unspecified atom stereocenters. The van der Waals surface area contributed by atoms with Crippen molar-refractivity contribution < 1.29 is 17.6 Å². The Kier molecular flexibility index (Phi) is 6.86. The number of likely N-dealkylation sites (N-methyl/N-ethyl adjacent to an activating group) is 1. The normalized spacial score (nSPS) is 12.8. The monoisotopic (exact) mass is 433 g/mol. The molecule has 0 aliphatic carbocycles. The Morgan fingerprint density at radius 2 is 1.90 bits per heavy atom. The molecule has 2 aromatic heterocycles. The first-order valence-corrected chi connectivity index (χ1v) is 11.3. The average molecular weight is 434 g/mol. The largest absolute Gasteiger partial charge is 0.468 e. The van der Waals surface area contributed by atoms with E-state index >= 15 is 0 Å². The van der Waals surface area contributed by atoms with Gasteiger partial charge in [0.15, 0.2) is 0 Å². The number of thiophene rings is 1. The average Bonchev–Trinajstić information content (AvgIpc) is 3.40. The lowest BCUT2D eigenvalue weighted by atomic mass is 10.2. The number of nitrogens with zero attached hydrogens (tertiary/aromatic N) is 1. The first kappa shape index (κ1) is 21.3. The van der Waals surface area contributed by atoms with Crippen LogP contribution < -0.4 is 10.0 Å². The summed E-state index contributed by atoms with van der Waals surface area (Å²) in [6, 6.07) is 13.3. The summed E-state index contributed by atoms with van der Waals surface area (Å²) in [5, 5.41) is 4.93. The minimum absolute atomic E-state index is 0.0617. The minimum Gasteiger partial charge on any atom is -0.468 e. The molecule has 0 aliphatic rings. The molecule has 2 heterocycles. The Morgan fingerprint density at radius 1 is 1.14 bits per heavy atom. The number of carbonyl (C=O) groups excluding carboxylic acids is 1. The molecular weight excluding hydrogens is 410 g/mol. The summed E-state index contributed by atoms with van der Waals surface area (Å²) in [5.41, 5.74) is 0.402. The van der Waals surface area contributed by atoms with Crippen LogP contribution in [0, 0.1) is 0 Å². The smallest absolute Gasteiger partial charge is 0.251 e. The van der Waals surface area contributed by atoms with Crippen LogP contribution in [0.15, 0.2) is 69.5 Å². The van der Waals surface area contributed by atoms with Crippen LogP contribution in [0.5, 0.6) is 0 Å². The maximum atomic E-state index is 12.5. The van der Waals surface area contributed by atoms with Gasteiger partial charge in [-0.15, -0.1) is 11.3 Å². The third-order valence-electron chi connectivity index (χ3n) is 4.39. The molecule has 2 N–H and O–H groups in total. The predicted molar refractivity (Wildman–Crippen MR) is 112 cm³/mol. The molecule has 29 heavy (non-hydrogen) atoms. The van der Waals surface area contributed by atoms with Crippen LogP contribution in [-0.2, 0) is 16.6 Å². The number of nitrogens with one attached hydrogen (secondary N) is 2. The molecule has 0 saturated heterocycles. The molecule has 1 amide bonds. The fourth-order valence-electron chi connectivity index (χ4n) is 2.76. The van der Waals surface area contributed by atoms with E-state index in [2.05, 4.69) is 10.0 Å². The van der Waals surface area contributed by atoms with Crippen molar-refractivity contribution in [3.05, 3.63) is 76.4 Å². The lowest BCUT2D eigenvalue weighted by Crippen LogP contribution is -2.34. The summed E-state index contributed by atoms with van der Waals surface area (Å²) >= 11 is 1.64. The highest BCUT2D eigenvalue weighted by atomic mass is 32.2. The van der Waals surface area contributed by atoms with Crippen LogP contribution in [0.3, 0.4) is 0 Å². The van der Waals surface area contributed by atoms with Crippen molar-refractivity contribution in [1.29, 1.82) is 0 Å². The van der Waals surface area contributed by atoms with E-state index in [9.17, 15) is 13.2 Å². The van der Waals surface area contributed by atoms with E-state index < -0.39 is 10.0 Å². The molecule has 9 heteroatoms. The number of hydrogen-bond donors (Lipinski definition) is 2. The highest BCUT2D eigenvalue weighted by molar-refractivity contribution is 7.89. The predicted octanol–water partition coefficient (Wildman–Crippen LogP) is 2.85. The first-order chi connectivity index (χ1) is 13.9. The van der Waals surface area contributed by atoms with Crippen molar-refractivity contribution in [1.82, 2.24) is 14.9 Å². The third-order valence-corrected chi connectivity index (χ3v) is 6.78. The number of furan rings is 1. The number of sulfonamides is 1. The molecule has 0 fully saturated rings. The van der Waals surface area contributed by atoms with E-state index in [1.807, 2.05) is 36.5 Å². The van der Waals surface area contributed by atoms with Gasteiger partial charge in [-0.25, -0.2) is 13.1 Å². The van der Waals surface area contributed by atoms with Gasteiger partial charge >= 0.3 is 0 Å². The van der Waals surface area contributed by atoms with Gasteiger partial charge in [0.05, 0.1) is 23.7 Å². The second kappa shape index (κ2) is 9.36. The van der Waals surface area contributed by atoms with E-state index in [1.54, 1.807) is 23.5 Å². The number of hydrogen-bond acceptors (Lipinski definition) is 6. The molecule has 0 saturated carbocycles. The molecular formula is C20H23N3O4S2. The summed E-state index contributed by atoms with van der Waals surface area (Å²) < 4.78 is 32.3. The molecule has 0 aliphatic heterocycles. The lowest BCUT2D eigenvalue weighted by molar-refractivity contribution is 0.0942. The zero-order chi connectivity index (χ0) is 20.9. The SMILES string of the molecule is CN(C)[C@H](CNC(=O)c1ccc(S(=O)(=O)NCc2ccco2)cc1)c1cccs1. The summed E-state index contributed by atoms with van der Waals surface area (Å²) in [7, 11) is 0.236. The van der Waals surface area contributed by atoms with Crippen molar-refractivity contribution in [2.45, 2.75) is 17.5 Å². The number of benzene rings is 1. The molecule has 0 bridgehead atoms. The fourth-order valence-corrected chi connectivity index (χ4v) is 4.67. The standard InChI is InChI=1S/C20H23N3O4S2/c1-23(2)18(19-6-4-12-28-19)14-21-20(24)15-7-9-17(10-8-15)29(25,26)22-13-16-5-3-11-27-16/h3-12,18,22H,13-14H2,1-2H3,(H,21,24)/t18-/m1/s1. The van der Waals surface area contributed by atoms with Crippen LogP contribution in [0.1, 0.15) is 27.0 Å². The summed E-state index contributed by atoms with van der Waals surface area (Å²) in [4.78, 5) is 15.8. The third kappa shape index (κ3) is 5.54. The van der Waals surface area contributed by atoms with Gasteiger partial charge in [0.25, 0.3) is 5.91 Å². The van der Waals surface area contributed by atoms with Crippen LogP contribution in [0.25, 0.3) is 0 Å². The molecule has 154 valence electrons. The Hall–Kier alpha value is -2.46. The zero-order valence-corrected chi connectivity index (χ0v) is 17.8. The Labute approximate surface area is 174 Å². The quantitative estimate of drug-likeness (QED) is 0.541. The van der Waals surface area contributed by atoms with Crippen molar-refractivity contribution in [2.75, 3.05) is 20.6 Å². The minimum atomic E-state index is -3.69. The highest BCUT2D eigenvalue weighted by Crippen LogP contribution is 2.22. The second-order valence-corrected chi connectivity index (χ2v) is 9.38. The molecule has 0 spiro atoms. The van der Waals surface area contributed by atoms with E-state index in [4.69, 9.17) is 4.42 Å². The van der Waals surface area contributed by atoms with E-state index in [0.717, 1.165) is 0 Å². The molecule has 3 aromatic rings. The molecule has 1 aromatic carbocycles. The van der Waals surface area contributed by atoms with Crippen molar-refractivity contribution >= 4 is 27.3 Å². The van der Waals surface area contributed by atoms with Gasteiger partial charge in [-0.1, -0.05) is 6.07 Å². The summed E-state index contributed by atoms with van der Waals surface area (Å²) in [5.74, 6) is 0.270. The molecule has 7 nitrogen and oxygen atoms in total. The Balaban J connectivity index is 1.60.